The summed E-state index contributed by atoms with van der Waals surface area (Å²) >= 11 is 0. The molecule has 0 saturated heterocycles. The third-order valence-electron chi connectivity index (χ3n) is 2.34. The highest BCUT2D eigenvalue weighted by Gasteiger charge is 2.30. The number of hydrogen-bond acceptors (Lipinski definition) is 4. The fraction of sp³-hybridized carbons (Fsp3) is 0.364. The molecular weight excluding hydrogens is 247 g/mol. The van der Waals surface area contributed by atoms with Crippen LogP contribution in [0.3, 0.4) is 0 Å². The standard InChI is InChI=1S/C10H11F2N3O.CH3F/c11-7-2-1-5(13)3-6(7)9-8(12)4-16-10(14)15-9;1-2/h1-3,8-9H,4,13H2,(H2,14,15);1H3. The minimum atomic E-state index is -1.43. The van der Waals surface area contributed by atoms with Crippen LogP contribution in [-0.2, 0) is 4.74 Å². The normalized spacial score (nSPS) is 22.3. The predicted molar refractivity (Wildman–Crippen MR) is 63.1 cm³/mol. The molecule has 7 heteroatoms. The molecule has 0 spiro atoms. The van der Waals surface area contributed by atoms with E-state index in [9.17, 15) is 13.2 Å². The summed E-state index contributed by atoms with van der Waals surface area (Å²) in [6.45, 7) is -0.228. The number of benzene rings is 1. The van der Waals surface area contributed by atoms with Crippen molar-refractivity contribution in [2.75, 3.05) is 19.5 Å². The van der Waals surface area contributed by atoms with Gasteiger partial charge in [-0.05, 0) is 18.2 Å². The number of ether oxygens (including phenoxy) is 1. The maximum Gasteiger partial charge on any atom is 0.282 e. The number of amidine groups is 1. The van der Waals surface area contributed by atoms with E-state index in [1.54, 1.807) is 0 Å². The number of anilines is 1. The molecule has 1 aromatic carbocycles. The van der Waals surface area contributed by atoms with Crippen molar-refractivity contribution in [1.82, 2.24) is 0 Å². The van der Waals surface area contributed by atoms with Crippen molar-refractivity contribution in [3.8, 4) is 0 Å². The highest BCUT2D eigenvalue weighted by molar-refractivity contribution is 5.72. The number of alkyl halides is 2. The average Bonchev–Trinajstić information content (AvgIpc) is 2.38. The summed E-state index contributed by atoms with van der Waals surface area (Å²) < 4.78 is 41.2. The molecule has 0 saturated carbocycles. The van der Waals surface area contributed by atoms with E-state index in [1.807, 2.05) is 0 Å². The van der Waals surface area contributed by atoms with Crippen molar-refractivity contribution in [2.24, 2.45) is 10.7 Å². The molecule has 1 heterocycles. The Labute approximate surface area is 102 Å². The van der Waals surface area contributed by atoms with E-state index < -0.39 is 18.0 Å². The summed E-state index contributed by atoms with van der Waals surface area (Å²) in [4.78, 5) is 3.74. The number of nitrogen functional groups attached to an aromatic ring is 1. The first kappa shape index (κ1) is 14.1. The molecule has 2 atom stereocenters. The molecule has 1 aliphatic rings. The van der Waals surface area contributed by atoms with E-state index in [0.717, 1.165) is 0 Å². The van der Waals surface area contributed by atoms with Gasteiger partial charge in [-0.25, -0.2) is 13.8 Å². The van der Waals surface area contributed by atoms with Gasteiger partial charge >= 0.3 is 0 Å². The lowest BCUT2D eigenvalue weighted by molar-refractivity contribution is 0.138. The summed E-state index contributed by atoms with van der Waals surface area (Å²) in [6, 6.07) is 2.81. The Hall–Kier alpha value is -1.92. The summed E-state index contributed by atoms with van der Waals surface area (Å²) in [5, 5.41) is 0. The minimum absolute atomic E-state index is 0.0961. The van der Waals surface area contributed by atoms with Crippen LogP contribution >= 0.6 is 0 Å². The van der Waals surface area contributed by atoms with Crippen molar-refractivity contribution in [1.29, 1.82) is 0 Å². The molecule has 0 bridgehead atoms. The summed E-state index contributed by atoms with van der Waals surface area (Å²) in [5.74, 6) is -0.555. The third-order valence-corrected chi connectivity index (χ3v) is 2.34. The Balaban J connectivity index is 0.000000771. The molecule has 0 aliphatic carbocycles. The van der Waals surface area contributed by atoms with Crippen LogP contribution in [0.25, 0.3) is 0 Å². The molecule has 2 unspecified atom stereocenters. The number of rotatable bonds is 1. The number of nitrogens with zero attached hydrogens (tertiary/aromatic N) is 1. The summed E-state index contributed by atoms with van der Waals surface area (Å²) in [7, 11) is 0.500. The molecule has 100 valence electrons. The zero-order valence-electron chi connectivity index (χ0n) is 9.74. The molecule has 0 amide bonds. The lowest BCUT2D eigenvalue weighted by atomic mass is 10.0. The van der Waals surface area contributed by atoms with Crippen LogP contribution in [0, 0.1) is 5.82 Å². The number of nitrogens with two attached hydrogens (primary N) is 2. The van der Waals surface area contributed by atoms with Gasteiger partial charge in [0, 0.05) is 11.3 Å². The Bertz CT molecular complexity index is 440. The van der Waals surface area contributed by atoms with E-state index in [2.05, 4.69) is 4.99 Å². The van der Waals surface area contributed by atoms with Crippen LogP contribution in [0.2, 0.25) is 0 Å². The van der Waals surface area contributed by atoms with E-state index >= 15 is 0 Å². The van der Waals surface area contributed by atoms with Gasteiger partial charge in [0.15, 0.2) is 6.17 Å². The van der Waals surface area contributed by atoms with Crippen LogP contribution in [-0.4, -0.2) is 26.0 Å². The molecule has 0 fully saturated rings. The first-order chi connectivity index (χ1) is 8.58. The fourth-order valence-electron chi connectivity index (χ4n) is 1.56. The van der Waals surface area contributed by atoms with Crippen LogP contribution in [0.1, 0.15) is 11.6 Å². The Kier molecular flexibility index (Phi) is 4.82. The smallest absolute Gasteiger partial charge is 0.282 e. The van der Waals surface area contributed by atoms with Crippen molar-refractivity contribution < 1.29 is 17.9 Å². The zero-order chi connectivity index (χ0) is 13.7. The van der Waals surface area contributed by atoms with Gasteiger partial charge in [-0.3, -0.25) is 4.39 Å². The van der Waals surface area contributed by atoms with Crippen molar-refractivity contribution in [3.05, 3.63) is 29.6 Å². The van der Waals surface area contributed by atoms with E-state index in [1.165, 1.54) is 18.2 Å². The Morgan fingerprint density at radius 3 is 2.67 bits per heavy atom. The molecule has 4 nitrogen and oxygen atoms in total. The van der Waals surface area contributed by atoms with Gasteiger partial charge in [0.25, 0.3) is 6.02 Å². The minimum Gasteiger partial charge on any atom is -0.462 e. The predicted octanol–water partition coefficient (Wildman–Crippen LogP) is 1.72. The van der Waals surface area contributed by atoms with Crippen LogP contribution in [0.15, 0.2) is 23.2 Å². The van der Waals surface area contributed by atoms with Gasteiger partial charge < -0.3 is 16.2 Å². The van der Waals surface area contributed by atoms with Crippen molar-refractivity contribution in [3.63, 3.8) is 0 Å². The maximum atomic E-state index is 13.5. The van der Waals surface area contributed by atoms with Crippen LogP contribution in [0.4, 0.5) is 18.9 Å². The molecular formula is C11H14F3N3O. The van der Waals surface area contributed by atoms with Crippen molar-refractivity contribution in [2.45, 2.75) is 12.2 Å². The van der Waals surface area contributed by atoms with Gasteiger partial charge in [-0.2, -0.15) is 0 Å². The average molecular weight is 261 g/mol. The van der Waals surface area contributed by atoms with Gasteiger partial charge in [-0.15, -0.1) is 0 Å². The first-order valence-electron chi connectivity index (χ1n) is 5.11. The number of halogens is 3. The monoisotopic (exact) mass is 261 g/mol. The van der Waals surface area contributed by atoms with Crippen LogP contribution in [0.5, 0.6) is 0 Å². The second-order valence-corrected chi connectivity index (χ2v) is 3.52. The van der Waals surface area contributed by atoms with Gasteiger partial charge in [0.1, 0.15) is 18.5 Å². The second kappa shape index (κ2) is 6.13. The fourth-order valence-corrected chi connectivity index (χ4v) is 1.56. The molecule has 4 N–H and O–H groups in total. The second-order valence-electron chi connectivity index (χ2n) is 3.52. The SMILES string of the molecule is CF.NC1=NC(c2cc(N)ccc2F)C(F)CO1. The number of hydrogen-bond donors (Lipinski definition) is 2. The summed E-state index contributed by atoms with van der Waals surface area (Å²) in [6.07, 6.45) is -1.43. The highest BCUT2D eigenvalue weighted by atomic mass is 19.1. The lowest BCUT2D eigenvalue weighted by Gasteiger charge is -2.23. The highest BCUT2D eigenvalue weighted by Crippen LogP contribution is 2.30. The molecule has 0 radical (unpaired) electrons. The number of aliphatic imine (C=N–C) groups is 1. The molecule has 2 rings (SSSR count). The van der Waals surface area contributed by atoms with Crippen LogP contribution < -0.4 is 11.5 Å². The third kappa shape index (κ3) is 3.06. The van der Waals surface area contributed by atoms with Gasteiger partial charge in [0.05, 0.1) is 7.18 Å². The Morgan fingerprint density at radius 2 is 2.00 bits per heavy atom. The quantitative estimate of drug-likeness (QED) is 0.756. The molecule has 1 aromatic rings. The largest absolute Gasteiger partial charge is 0.462 e. The van der Waals surface area contributed by atoms with E-state index in [-0.39, 0.29) is 18.2 Å². The van der Waals surface area contributed by atoms with Gasteiger partial charge in [0.2, 0.25) is 0 Å². The zero-order valence-corrected chi connectivity index (χ0v) is 9.74. The molecule has 1 aliphatic heterocycles. The van der Waals surface area contributed by atoms with E-state index in [0.29, 0.717) is 12.9 Å². The summed E-state index contributed by atoms with van der Waals surface area (Å²) in [5.41, 5.74) is 11.3. The van der Waals surface area contributed by atoms with Gasteiger partial charge in [-0.1, -0.05) is 0 Å². The first-order valence-corrected chi connectivity index (χ1v) is 5.11. The lowest BCUT2D eigenvalue weighted by Crippen LogP contribution is -2.32. The van der Waals surface area contributed by atoms with Crippen molar-refractivity contribution >= 4 is 11.7 Å². The maximum absolute atomic E-state index is 13.5. The van der Waals surface area contributed by atoms with E-state index in [4.69, 9.17) is 16.2 Å². The topological polar surface area (TPSA) is 73.6 Å². The molecule has 18 heavy (non-hydrogen) atoms. The molecule has 0 aromatic heterocycles. The Morgan fingerprint density at radius 1 is 1.33 bits per heavy atom.